The van der Waals surface area contributed by atoms with E-state index in [1.165, 1.54) is 11.6 Å². The fourth-order valence-corrected chi connectivity index (χ4v) is 2.75. The van der Waals surface area contributed by atoms with Gasteiger partial charge in [-0.2, -0.15) is 0 Å². The van der Waals surface area contributed by atoms with Crippen LogP contribution in [0, 0.1) is 0 Å². The Balaban J connectivity index is 0.00000113. The quantitative estimate of drug-likeness (QED) is 0.240. The Morgan fingerprint density at radius 3 is 1.97 bits per heavy atom. The van der Waals surface area contributed by atoms with Crippen molar-refractivity contribution in [3.05, 3.63) is 113 Å². The van der Waals surface area contributed by atoms with E-state index >= 15 is 0 Å². The van der Waals surface area contributed by atoms with Crippen LogP contribution in [0.25, 0.3) is 6.08 Å². The maximum Gasteiger partial charge on any atom is 0.331 e. The molecule has 0 amide bonds. The summed E-state index contributed by atoms with van der Waals surface area (Å²) in [6.45, 7) is 4.22. The van der Waals surface area contributed by atoms with Crippen molar-refractivity contribution in [3.63, 3.8) is 0 Å². The molecule has 0 atom stereocenters. The molecule has 0 bridgehead atoms. The number of halogens is 2. The normalized spacial score (nSPS) is 9.68. The van der Waals surface area contributed by atoms with Crippen LogP contribution in [0.4, 0.5) is 9.15 Å². The SMILES string of the molecule is CC.FF.O=Cc1cc(Cc2ccccc2)ccc1/C=C/C(=O)OCc1ccccc1. The van der Waals surface area contributed by atoms with E-state index in [-0.39, 0.29) is 6.61 Å². The summed E-state index contributed by atoms with van der Waals surface area (Å²) in [5.41, 5.74) is 4.40. The van der Waals surface area contributed by atoms with E-state index in [1.54, 1.807) is 6.08 Å². The number of ether oxygens (including phenoxy) is 1. The van der Waals surface area contributed by atoms with Gasteiger partial charge >= 0.3 is 5.97 Å². The number of aldehydes is 1. The monoisotopic (exact) mass is 424 g/mol. The maximum absolute atomic E-state index is 11.9. The lowest BCUT2D eigenvalue weighted by Crippen LogP contribution is -2.00. The second-order valence-corrected chi connectivity index (χ2v) is 6.17. The van der Waals surface area contributed by atoms with E-state index < -0.39 is 5.97 Å². The molecule has 31 heavy (non-hydrogen) atoms. The molecule has 0 aliphatic heterocycles. The van der Waals surface area contributed by atoms with E-state index in [9.17, 15) is 9.59 Å². The number of carbonyl (C=O) groups is 2. The van der Waals surface area contributed by atoms with Gasteiger partial charge in [-0.1, -0.05) is 86.6 Å². The first-order valence-electron chi connectivity index (χ1n) is 9.89. The van der Waals surface area contributed by atoms with Crippen LogP contribution in [0.3, 0.4) is 0 Å². The first-order chi connectivity index (χ1) is 15.2. The lowest BCUT2D eigenvalue weighted by atomic mass is 9.99. The Hall–Kier alpha value is -3.60. The average Bonchev–Trinajstić information content (AvgIpc) is 2.85. The Labute approximate surface area is 181 Å². The predicted molar refractivity (Wildman–Crippen MR) is 120 cm³/mol. The van der Waals surface area contributed by atoms with Crippen LogP contribution in [0.5, 0.6) is 0 Å². The molecule has 0 saturated heterocycles. The van der Waals surface area contributed by atoms with Crippen LogP contribution in [-0.2, 0) is 22.6 Å². The van der Waals surface area contributed by atoms with Gasteiger partial charge in [0.25, 0.3) is 0 Å². The predicted octanol–water partition coefficient (Wildman–Crippen LogP) is 6.71. The van der Waals surface area contributed by atoms with Crippen LogP contribution in [0.2, 0.25) is 0 Å². The summed E-state index contributed by atoms with van der Waals surface area (Å²) < 4.78 is 21.2. The van der Waals surface area contributed by atoms with Crippen LogP contribution in [0.1, 0.15) is 46.5 Å². The second-order valence-electron chi connectivity index (χ2n) is 6.17. The molecule has 5 heteroatoms. The Kier molecular flexibility index (Phi) is 12.5. The average molecular weight is 424 g/mol. The van der Waals surface area contributed by atoms with Crippen LogP contribution in [0.15, 0.2) is 84.9 Å². The standard InChI is InChI=1S/C24H20O3.C2H6.F2/c25-17-23-16-21(15-19-7-3-1-4-8-19)11-12-22(23)13-14-24(26)27-18-20-9-5-2-6-10-20;2*1-2/h1-14,16-17H,15,18H2;1-2H3;/b14-13+;;. The molecule has 0 saturated carbocycles. The van der Waals surface area contributed by atoms with E-state index in [0.29, 0.717) is 11.1 Å². The van der Waals surface area contributed by atoms with Crippen molar-refractivity contribution in [1.82, 2.24) is 0 Å². The third-order valence-electron chi connectivity index (χ3n) is 4.15. The maximum atomic E-state index is 11.9. The zero-order valence-electron chi connectivity index (χ0n) is 17.6. The molecule has 0 aromatic heterocycles. The van der Waals surface area contributed by atoms with Gasteiger partial charge in [-0.25, -0.2) is 4.79 Å². The molecule has 0 spiro atoms. The van der Waals surface area contributed by atoms with Gasteiger partial charge in [-0.15, -0.1) is 0 Å². The molecular weight excluding hydrogens is 398 g/mol. The second kappa shape index (κ2) is 15.3. The molecule has 0 aliphatic carbocycles. The number of hydrogen-bond acceptors (Lipinski definition) is 3. The van der Waals surface area contributed by atoms with Gasteiger partial charge in [0.05, 0.1) is 0 Å². The number of hydrogen-bond donors (Lipinski definition) is 0. The number of carbonyl (C=O) groups excluding carboxylic acids is 2. The molecule has 3 nitrogen and oxygen atoms in total. The molecule has 0 N–H and O–H groups in total. The third-order valence-corrected chi connectivity index (χ3v) is 4.15. The first kappa shape index (κ1) is 25.4. The van der Waals surface area contributed by atoms with Crippen LogP contribution < -0.4 is 0 Å². The fourth-order valence-electron chi connectivity index (χ4n) is 2.75. The zero-order chi connectivity index (χ0) is 22.9. The summed E-state index contributed by atoms with van der Waals surface area (Å²) in [6.07, 6.45) is 4.53. The molecular formula is C26H26F2O3. The van der Waals surface area contributed by atoms with Crippen molar-refractivity contribution in [2.24, 2.45) is 0 Å². The van der Waals surface area contributed by atoms with Gasteiger partial charge in [0.2, 0.25) is 0 Å². The lowest BCUT2D eigenvalue weighted by molar-refractivity contribution is -0.138. The first-order valence-corrected chi connectivity index (χ1v) is 9.89. The minimum atomic E-state index is -0.441. The van der Waals surface area contributed by atoms with Crippen molar-refractivity contribution in [3.8, 4) is 0 Å². The van der Waals surface area contributed by atoms with Crippen molar-refractivity contribution in [2.45, 2.75) is 26.9 Å². The highest BCUT2D eigenvalue weighted by atomic mass is 20.0. The van der Waals surface area contributed by atoms with Crippen molar-refractivity contribution in [1.29, 1.82) is 0 Å². The van der Waals surface area contributed by atoms with Gasteiger partial charge in [0.1, 0.15) is 6.61 Å². The van der Waals surface area contributed by atoms with Crippen molar-refractivity contribution < 1.29 is 23.5 Å². The number of rotatable bonds is 7. The van der Waals surface area contributed by atoms with E-state index in [0.717, 1.165) is 23.8 Å². The van der Waals surface area contributed by atoms with Crippen molar-refractivity contribution in [2.75, 3.05) is 0 Å². The summed E-state index contributed by atoms with van der Waals surface area (Å²) in [4.78, 5) is 23.3. The highest BCUT2D eigenvalue weighted by Gasteiger charge is 2.04. The number of esters is 1. The van der Waals surface area contributed by atoms with E-state index in [1.807, 2.05) is 80.6 Å². The highest BCUT2D eigenvalue weighted by Crippen LogP contribution is 2.16. The number of benzene rings is 3. The summed E-state index contributed by atoms with van der Waals surface area (Å²) in [5, 5.41) is 0. The van der Waals surface area contributed by atoms with E-state index in [4.69, 9.17) is 13.9 Å². The summed E-state index contributed by atoms with van der Waals surface area (Å²) in [7, 11) is 0. The van der Waals surface area contributed by atoms with Gasteiger partial charge in [-0.05, 0) is 40.8 Å². The topological polar surface area (TPSA) is 43.4 Å². The zero-order valence-corrected chi connectivity index (χ0v) is 17.6. The van der Waals surface area contributed by atoms with Crippen molar-refractivity contribution >= 4 is 18.3 Å². The smallest absolute Gasteiger partial charge is 0.331 e. The molecule has 3 aromatic carbocycles. The Bertz CT molecular complexity index is 939. The van der Waals surface area contributed by atoms with Gasteiger partial charge in [0.15, 0.2) is 6.29 Å². The minimum Gasteiger partial charge on any atom is -0.458 e. The fraction of sp³-hybridized carbons (Fsp3) is 0.154. The Morgan fingerprint density at radius 1 is 0.806 bits per heavy atom. The Morgan fingerprint density at radius 2 is 1.39 bits per heavy atom. The molecule has 0 fully saturated rings. The van der Waals surface area contributed by atoms with Gasteiger partial charge in [0, 0.05) is 20.8 Å². The molecule has 3 rings (SSSR count). The molecule has 0 unspecified atom stereocenters. The van der Waals surface area contributed by atoms with Gasteiger partial charge in [-0.3, -0.25) is 4.79 Å². The van der Waals surface area contributed by atoms with Crippen LogP contribution in [-0.4, -0.2) is 12.3 Å². The van der Waals surface area contributed by atoms with E-state index in [2.05, 4.69) is 12.1 Å². The minimum absolute atomic E-state index is 0.223. The summed E-state index contributed by atoms with van der Waals surface area (Å²) in [6, 6.07) is 25.2. The van der Waals surface area contributed by atoms with Crippen LogP contribution >= 0.6 is 0 Å². The molecule has 0 heterocycles. The lowest BCUT2D eigenvalue weighted by Gasteiger charge is -2.06. The molecule has 0 radical (unpaired) electrons. The highest BCUT2D eigenvalue weighted by molar-refractivity contribution is 5.90. The molecule has 162 valence electrons. The third kappa shape index (κ3) is 9.17. The van der Waals surface area contributed by atoms with Gasteiger partial charge < -0.3 is 4.74 Å². The molecule has 0 aliphatic rings. The largest absolute Gasteiger partial charge is 0.458 e. The molecule has 3 aromatic rings. The summed E-state index contributed by atoms with van der Waals surface area (Å²) >= 11 is 0. The summed E-state index contributed by atoms with van der Waals surface area (Å²) in [5.74, 6) is -0.441.